The maximum Gasteiger partial charge on any atom is 0.226 e. The van der Waals surface area contributed by atoms with E-state index in [0.717, 1.165) is 5.69 Å². The number of ketones is 1. The predicted molar refractivity (Wildman–Crippen MR) is 97.0 cm³/mol. The van der Waals surface area contributed by atoms with E-state index in [2.05, 4.69) is 4.98 Å². The maximum absolute atomic E-state index is 13.0. The molecule has 0 unspecified atom stereocenters. The molecule has 26 heavy (non-hydrogen) atoms. The van der Waals surface area contributed by atoms with Crippen LogP contribution in [0.1, 0.15) is 23.0 Å². The summed E-state index contributed by atoms with van der Waals surface area (Å²) in [7, 11) is 3.83. The summed E-state index contributed by atoms with van der Waals surface area (Å²) in [4.78, 5) is 18.1. The molecule has 0 aliphatic carbocycles. The van der Waals surface area contributed by atoms with Crippen molar-refractivity contribution >= 4 is 11.5 Å². The minimum Gasteiger partial charge on any atom is -0.486 e. The predicted octanol–water partition coefficient (Wildman–Crippen LogP) is 4.33. The number of oxazole rings is 1. The van der Waals surface area contributed by atoms with Crippen LogP contribution in [0.15, 0.2) is 53.1 Å². The number of aromatic nitrogens is 1. The number of ether oxygens (including phenoxy) is 1. The van der Waals surface area contributed by atoms with E-state index in [4.69, 9.17) is 9.15 Å². The summed E-state index contributed by atoms with van der Waals surface area (Å²) in [6, 6.07) is 11.3. The number of rotatable bonds is 6. The lowest BCUT2D eigenvalue weighted by molar-refractivity contribution is 0.101. The van der Waals surface area contributed by atoms with Crippen molar-refractivity contribution in [1.82, 2.24) is 4.98 Å². The standard InChI is InChI=1S/C20H19FN2O3/c1-13(24)18-9-8-17(23(2)3)10-19(18)25-11-16-12-26-20(22-16)14-4-6-15(21)7-5-14/h4-10,12H,11H2,1-3H3. The Morgan fingerprint density at radius 1 is 1.19 bits per heavy atom. The molecule has 0 saturated carbocycles. The smallest absolute Gasteiger partial charge is 0.226 e. The van der Waals surface area contributed by atoms with Crippen molar-refractivity contribution in [3.8, 4) is 17.2 Å². The summed E-state index contributed by atoms with van der Waals surface area (Å²) in [6.45, 7) is 1.65. The van der Waals surface area contributed by atoms with Gasteiger partial charge in [-0.15, -0.1) is 0 Å². The third-order valence-electron chi connectivity index (χ3n) is 3.88. The van der Waals surface area contributed by atoms with Gasteiger partial charge in [0.15, 0.2) is 5.78 Å². The van der Waals surface area contributed by atoms with Gasteiger partial charge in [0.1, 0.15) is 30.1 Å². The third kappa shape index (κ3) is 3.91. The molecule has 0 aliphatic rings. The number of benzene rings is 2. The van der Waals surface area contributed by atoms with Gasteiger partial charge in [-0.05, 0) is 43.3 Å². The molecule has 0 amide bonds. The molecule has 5 nitrogen and oxygen atoms in total. The molecule has 0 saturated heterocycles. The first-order valence-electron chi connectivity index (χ1n) is 8.09. The molecule has 1 heterocycles. The van der Waals surface area contributed by atoms with Gasteiger partial charge in [0.2, 0.25) is 5.89 Å². The molecule has 3 rings (SSSR count). The molecule has 0 fully saturated rings. The molecule has 0 aliphatic heterocycles. The first kappa shape index (κ1) is 17.7. The van der Waals surface area contributed by atoms with Gasteiger partial charge in [0.05, 0.1) is 5.56 Å². The van der Waals surface area contributed by atoms with E-state index in [1.807, 2.05) is 31.1 Å². The fourth-order valence-electron chi connectivity index (χ4n) is 2.45. The second-order valence-corrected chi connectivity index (χ2v) is 6.07. The number of anilines is 1. The number of Topliss-reactive ketones (excluding diaryl/α,β-unsaturated/α-hetero) is 1. The van der Waals surface area contributed by atoms with E-state index in [1.165, 1.54) is 25.3 Å². The van der Waals surface area contributed by atoms with Crippen LogP contribution in [0.5, 0.6) is 5.75 Å². The topological polar surface area (TPSA) is 55.6 Å². The first-order chi connectivity index (χ1) is 12.4. The van der Waals surface area contributed by atoms with Gasteiger partial charge in [0, 0.05) is 31.4 Å². The Morgan fingerprint density at radius 3 is 2.58 bits per heavy atom. The van der Waals surface area contributed by atoms with Gasteiger partial charge in [-0.2, -0.15) is 0 Å². The van der Waals surface area contributed by atoms with Gasteiger partial charge in [-0.3, -0.25) is 4.79 Å². The van der Waals surface area contributed by atoms with Gasteiger partial charge >= 0.3 is 0 Å². The average Bonchev–Trinajstić information content (AvgIpc) is 3.09. The highest BCUT2D eigenvalue weighted by molar-refractivity contribution is 5.97. The highest BCUT2D eigenvalue weighted by Gasteiger charge is 2.13. The molecule has 0 spiro atoms. The van der Waals surface area contributed by atoms with Crippen molar-refractivity contribution in [2.45, 2.75) is 13.5 Å². The number of hydrogen-bond donors (Lipinski definition) is 0. The lowest BCUT2D eigenvalue weighted by Gasteiger charge is -2.16. The molecule has 0 N–H and O–H groups in total. The second-order valence-electron chi connectivity index (χ2n) is 6.07. The van der Waals surface area contributed by atoms with Crippen molar-refractivity contribution in [3.05, 3.63) is 65.8 Å². The lowest BCUT2D eigenvalue weighted by atomic mass is 10.1. The van der Waals surface area contributed by atoms with Crippen LogP contribution < -0.4 is 9.64 Å². The molecule has 134 valence electrons. The average molecular weight is 354 g/mol. The fourth-order valence-corrected chi connectivity index (χ4v) is 2.45. The lowest BCUT2D eigenvalue weighted by Crippen LogP contribution is -2.10. The second kappa shape index (κ2) is 7.39. The van der Waals surface area contributed by atoms with E-state index < -0.39 is 0 Å². The van der Waals surface area contributed by atoms with E-state index in [1.54, 1.807) is 18.2 Å². The Labute approximate surface area is 151 Å². The van der Waals surface area contributed by atoms with Crippen LogP contribution in [0.3, 0.4) is 0 Å². The van der Waals surface area contributed by atoms with Crippen LogP contribution in [0.4, 0.5) is 10.1 Å². The molecule has 1 aromatic heterocycles. The van der Waals surface area contributed by atoms with Gasteiger partial charge in [-0.1, -0.05) is 0 Å². The molecule has 6 heteroatoms. The summed E-state index contributed by atoms with van der Waals surface area (Å²) in [5.74, 6) is 0.492. The fraction of sp³-hybridized carbons (Fsp3) is 0.200. The SMILES string of the molecule is CC(=O)c1ccc(N(C)C)cc1OCc1coc(-c2ccc(F)cc2)n1. The Kier molecular flexibility index (Phi) is 5.02. The summed E-state index contributed by atoms with van der Waals surface area (Å²) >= 11 is 0. The number of carbonyl (C=O) groups excluding carboxylic acids is 1. The minimum atomic E-state index is -0.318. The molecular formula is C20H19FN2O3. The number of nitrogens with zero attached hydrogens (tertiary/aromatic N) is 2. The summed E-state index contributed by atoms with van der Waals surface area (Å²) < 4.78 is 24.3. The van der Waals surface area contributed by atoms with Crippen LogP contribution in [0.25, 0.3) is 11.5 Å². The Balaban J connectivity index is 1.78. The van der Waals surface area contributed by atoms with E-state index in [0.29, 0.717) is 28.5 Å². The van der Waals surface area contributed by atoms with Crippen LogP contribution >= 0.6 is 0 Å². The van der Waals surface area contributed by atoms with Crippen LogP contribution in [-0.2, 0) is 6.61 Å². The van der Waals surface area contributed by atoms with Gasteiger partial charge in [0.25, 0.3) is 0 Å². The molecule has 2 aromatic carbocycles. The quantitative estimate of drug-likeness (QED) is 0.617. The Morgan fingerprint density at radius 2 is 1.92 bits per heavy atom. The zero-order valence-corrected chi connectivity index (χ0v) is 14.8. The van der Waals surface area contributed by atoms with Crippen molar-refractivity contribution in [2.24, 2.45) is 0 Å². The van der Waals surface area contributed by atoms with Gasteiger partial charge < -0.3 is 14.1 Å². The first-order valence-corrected chi connectivity index (χ1v) is 8.09. The molecule has 0 radical (unpaired) electrons. The van der Waals surface area contributed by atoms with E-state index in [-0.39, 0.29) is 18.2 Å². The van der Waals surface area contributed by atoms with Gasteiger partial charge in [-0.25, -0.2) is 9.37 Å². The van der Waals surface area contributed by atoms with Crippen molar-refractivity contribution in [2.75, 3.05) is 19.0 Å². The zero-order chi connectivity index (χ0) is 18.7. The van der Waals surface area contributed by atoms with Crippen LogP contribution in [0, 0.1) is 5.82 Å². The largest absolute Gasteiger partial charge is 0.486 e. The number of carbonyl (C=O) groups is 1. The number of hydrogen-bond acceptors (Lipinski definition) is 5. The van der Waals surface area contributed by atoms with Crippen LogP contribution in [0.2, 0.25) is 0 Å². The van der Waals surface area contributed by atoms with Crippen LogP contribution in [-0.4, -0.2) is 24.9 Å². The number of halogens is 1. The van der Waals surface area contributed by atoms with Crippen molar-refractivity contribution in [3.63, 3.8) is 0 Å². The van der Waals surface area contributed by atoms with Crippen molar-refractivity contribution in [1.29, 1.82) is 0 Å². The normalized spacial score (nSPS) is 10.6. The Bertz CT molecular complexity index is 917. The summed E-state index contributed by atoms with van der Waals surface area (Å²) in [5.41, 5.74) is 2.70. The highest BCUT2D eigenvalue weighted by atomic mass is 19.1. The molecular weight excluding hydrogens is 335 g/mol. The third-order valence-corrected chi connectivity index (χ3v) is 3.88. The van der Waals surface area contributed by atoms with E-state index >= 15 is 0 Å². The van der Waals surface area contributed by atoms with E-state index in [9.17, 15) is 9.18 Å². The summed E-state index contributed by atoms with van der Waals surface area (Å²) in [5, 5.41) is 0. The molecule has 3 aromatic rings. The maximum atomic E-state index is 13.0. The monoisotopic (exact) mass is 354 g/mol. The highest BCUT2D eigenvalue weighted by Crippen LogP contribution is 2.27. The molecule has 0 atom stereocenters. The Hall–Kier alpha value is -3.15. The summed E-state index contributed by atoms with van der Waals surface area (Å²) in [6.07, 6.45) is 1.49. The zero-order valence-electron chi connectivity index (χ0n) is 14.8. The molecule has 0 bridgehead atoms. The minimum absolute atomic E-state index is 0.0718. The van der Waals surface area contributed by atoms with Crippen molar-refractivity contribution < 1.29 is 18.3 Å².